The highest BCUT2D eigenvalue weighted by Crippen LogP contribution is 2.38. The Kier molecular flexibility index (Phi) is 8.47. The van der Waals surface area contributed by atoms with Crippen molar-refractivity contribution in [1.29, 1.82) is 0 Å². The summed E-state index contributed by atoms with van der Waals surface area (Å²) in [5.74, 6) is 2.43. The van der Waals surface area contributed by atoms with Gasteiger partial charge in [0, 0.05) is 11.0 Å². The molecule has 37 heavy (non-hydrogen) atoms. The monoisotopic (exact) mass is 526 g/mol. The summed E-state index contributed by atoms with van der Waals surface area (Å²) in [5, 5.41) is 4.44. The summed E-state index contributed by atoms with van der Waals surface area (Å²) in [6.45, 7) is 6.85. The predicted molar refractivity (Wildman–Crippen MR) is 159 cm³/mol. The summed E-state index contributed by atoms with van der Waals surface area (Å²) < 4.78 is 18.2. The van der Waals surface area contributed by atoms with Gasteiger partial charge >= 0.3 is 8.32 Å². The summed E-state index contributed by atoms with van der Waals surface area (Å²) in [6, 6.07) is 35.5. The maximum Gasteiger partial charge on any atom is 0.319 e. The van der Waals surface area contributed by atoms with Crippen molar-refractivity contribution in [2.24, 2.45) is 0 Å². The molecule has 0 aliphatic heterocycles. The molecule has 3 nitrogen and oxygen atoms in total. The molecule has 5 heteroatoms. The van der Waals surface area contributed by atoms with Gasteiger partial charge in [0.15, 0.2) is 0 Å². The molecule has 190 valence electrons. The van der Waals surface area contributed by atoms with Gasteiger partial charge < -0.3 is 13.9 Å². The minimum absolute atomic E-state index is 0.126. The van der Waals surface area contributed by atoms with E-state index in [0.717, 1.165) is 27.7 Å². The third kappa shape index (κ3) is 6.12. The van der Waals surface area contributed by atoms with Crippen LogP contribution in [0.25, 0.3) is 6.08 Å². The van der Waals surface area contributed by atoms with Crippen LogP contribution in [0.4, 0.5) is 0 Å². The summed E-state index contributed by atoms with van der Waals surface area (Å²) >= 11 is 1.66. The Balaban J connectivity index is 1.73. The lowest BCUT2D eigenvalue weighted by molar-refractivity contribution is 0.411. The molecular weight excluding hydrogens is 493 g/mol. The summed E-state index contributed by atoms with van der Waals surface area (Å²) in [5.41, 5.74) is 1.02. The number of benzene rings is 4. The van der Waals surface area contributed by atoms with Gasteiger partial charge in [-0.1, -0.05) is 93.2 Å². The summed E-state index contributed by atoms with van der Waals surface area (Å²) in [4.78, 5) is 1.14. The van der Waals surface area contributed by atoms with E-state index >= 15 is 0 Å². The smallest absolute Gasteiger partial charge is 0.319 e. The molecule has 0 aromatic heterocycles. The molecule has 0 saturated heterocycles. The quantitative estimate of drug-likeness (QED) is 0.168. The standard InChI is InChI=1S/C32H34O3SSi/c1-32(2,3)37(30-12-8-6-9-13-30,31-14-10-7-11-15-31)35-28-23-25(22-27(24-28)34-5)20-21-36-29-18-16-26(33-4)17-19-29/h6-24H,1-5H3/b21-20+. The highest BCUT2D eigenvalue weighted by atomic mass is 32.2. The first kappa shape index (κ1) is 26.6. The molecule has 0 fully saturated rings. The van der Waals surface area contributed by atoms with E-state index in [9.17, 15) is 0 Å². The largest absolute Gasteiger partial charge is 0.534 e. The van der Waals surface area contributed by atoms with E-state index in [-0.39, 0.29) is 5.04 Å². The van der Waals surface area contributed by atoms with Crippen molar-refractivity contribution in [1.82, 2.24) is 0 Å². The molecule has 0 aliphatic rings. The van der Waals surface area contributed by atoms with E-state index < -0.39 is 8.32 Å². The SMILES string of the molecule is COc1ccc(S/C=C/c2cc(OC)cc(O[Si](c3ccccc3)(c3ccccc3)C(C)(C)C)c2)cc1. The molecule has 0 unspecified atom stereocenters. The molecule has 0 bridgehead atoms. The van der Waals surface area contributed by atoms with E-state index in [0.29, 0.717) is 0 Å². The van der Waals surface area contributed by atoms with Crippen LogP contribution in [0.2, 0.25) is 5.04 Å². The van der Waals surface area contributed by atoms with Crippen LogP contribution in [-0.2, 0) is 0 Å². The van der Waals surface area contributed by atoms with Gasteiger partial charge in [0.05, 0.1) is 14.2 Å². The third-order valence-corrected chi connectivity index (χ3v) is 12.1. The Labute approximate surface area is 226 Å². The van der Waals surface area contributed by atoms with Crippen LogP contribution in [0.15, 0.2) is 113 Å². The van der Waals surface area contributed by atoms with Crippen LogP contribution in [0.5, 0.6) is 17.2 Å². The van der Waals surface area contributed by atoms with E-state index in [2.05, 4.69) is 111 Å². The van der Waals surface area contributed by atoms with Crippen LogP contribution in [-0.4, -0.2) is 22.5 Å². The first-order valence-corrected chi connectivity index (χ1v) is 15.1. The average Bonchev–Trinajstić information content (AvgIpc) is 2.92. The van der Waals surface area contributed by atoms with E-state index in [1.54, 1.807) is 26.0 Å². The van der Waals surface area contributed by atoms with E-state index in [1.165, 1.54) is 10.4 Å². The van der Waals surface area contributed by atoms with Gasteiger partial charge in [0.2, 0.25) is 0 Å². The molecule has 4 aromatic rings. The van der Waals surface area contributed by atoms with Gasteiger partial charge in [-0.05, 0) is 68.9 Å². The van der Waals surface area contributed by atoms with Gasteiger partial charge in [-0.2, -0.15) is 0 Å². The summed E-state index contributed by atoms with van der Waals surface area (Å²) in [6.07, 6.45) is 2.09. The van der Waals surface area contributed by atoms with Crippen molar-refractivity contribution >= 4 is 36.5 Å². The van der Waals surface area contributed by atoms with Crippen LogP contribution in [0.1, 0.15) is 26.3 Å². The van der Waals surface area contributed by atoms with E-state index in [1.807, 2.05) is 24.3 Å². The van der Waals surface area contributed by atoms with Gasteiger partial charge in [-0.3, -0.25) is 0 Å². The van der Waals surface area contributed by atoms with Crippen LogP contribution >= 0.6 is 11.8 Å². The second kappa shape index (κ2) is 11.8. The number of ether oxygens (including phenoxy) is 2. The van der Waals surface area contributed by atoms with E-state index in [4.69, 9.17) is 13.9 Å². The molecule has 0 spiro atoms. The molecule has 4 rings (SSSR count). The molecule has 0 N–H and O–H groups in total. The molecule has 0 radical (unpaired) electrons. The summed E-state index contributed by atoms with van der Waals surface area (Å²) in [7, 11) is 0.635. The lowest BCUT2D eigenvalue weighted by atomic mass is 10.2. The van der Waals surface area contributed by atoms with Gasteiger partial charge in [0.1, 0.15) is 17.2 Å². The maximum absolute atomic E-state index is 7.22. The first-order valence-electron chi connectivity index (χ1n) is 12.3. The van der Waals surface area contributed by atoms with Crippen LogP contribution in [0.3, 0.4) is 0 Å². The molecular formula is C32H34O3SSi. The fourth-order valence-corrected chi connectivity index (χ4v) is 9.62. The first-order chi connectivity index (χ1) is 17.9. The number of methoxy groups -OCH3 is 2. The zero-order chi connectivity index (χ0) is 26.3. The number of thioether (sulfide) groups is 1. The van der Waals surface area contributed by atoms with Crippen LogP contribution in [0, 0.1) is 0 Å². The Morgan fingerprint density at radius 2 is 1.19 bits per heavy atom. The lowest BCUT2D eigenvalue weighted by Gasteiger charge is -2.43. The van der Waals surface area contributed by atoms with Crippen molar-refractivity contribution in [2.45, 2.75) is 30.7 Å². The van der Waals surface area contributed by atoms with Crippen molar-refractivity contribution in [3.05, 3.63) is 114 Å². The molecule has 4 aromatic carbocycles. The van der Waals surface area contributed by atoms with Crippen molar-refractivity contribution in [3.63, 3.8) is 0 Å². The average molecular weight is 527 g/mol. The molecule has 0 saturated carbocycles. The van der Waals surface area contributed by atoms with Crippen molar-refractivity contribution in [2.75, 3.05) is 14.2 Å². The maximum atomic E-state index is 7.22. The van der Waals surface area contributed by atoms with Crippen molar-refractivity contribution in [3.8, 4) is 17.2 Å². The molecule has 0 atom stereocenters. The second-order valence-corrected chi connectivity index (χ2v) is 15.0. The second-order valence-electron chi connectivity index (χ2n) is 9.80. The van der Waals surface area contributed by atoms with Gasteiger partial charge in [-0.25, -0.2) is 0 Å². The number of hydrogen-bond acceptors (Lipinski definition) is 4. The Hall–Kier alpha value is -3.41. The Morgan fingerprint density at radius 1 is 0.649 bits per heavy atom. The Bertz CT molecular complexity index is 1270. The molecule has 0 heterocycles. The normalized spacial score (nSPS) is 11.9. The highest BCUT2D eigenvalue weighted by molar-refractivity contribution is 8.02. The topological polar surface area (TPSA) is 27.7 Å². The van der Waals surface area contributed by atoms with Gasteiger partial charge in [0.25, 0.3) is 0 Å². The minimum Gasteiger partial charge on any atom is -0.534 e. The predicted octanol–water partition coefficient (Wildman–Crippen LogP) is 7.41. The fourth-order valence-electron chi connectivity index (χ4n) is 4.54. The fraction of sp³-hybridized carbons (Fsp3) is 0.188. The third-order valence-electron chi connectivity index (χ3n) is 6.35. The highest BCUT2D eigenvalue weighted by Gasteiger charge is 2.52. The minimum atomic E-state index is -2.74. The lowest BCUT2D eigenvalue weighted by Crippen LogP contribution is -2.68. The number of rotatable bonds is 9. The molecule has 0 aliphatic carbocycles. The van der Waals surface area contributed by atoms with Crippen LogP contribution < -0.4 is 24.3 Å². The zero-order valence-corrected chi connectivity index (χ0v) is 23.9. The van der Waals surface area contributed by atoms with Crippen molar-refractivity contribution < 1.29 is 13.9 Å². The Morgan fingerprint density at radius 3 is 1.70 bits per heavy atom. The molecule has 0 amide bonds. The zero-order valence-electron chi connectivity index (χ0n) is 22.1. The number of hydrogen-bond donors (Lipinski definition) is 0. The van der Waals surface area contributed by atoms with Gasteiger partial charge in [-0.15, -0.1) is 0 Å².